The van der Waals surface area contributed by atoms with E-state index in [9.17, 15) is 0 Å². The van der Waals surface area contributed by atoms with Crippen LogP contribution in [0.1, 0.15) is 38.9 Å². The zero-order chi connectivity index (χ0) is 20.0. The molecule has 8 heteroatoms. The average molecular weight is 580 g/mol. The van der Waals surface area contributed by atoms with Crippen molar-refractivity contribution in [2.75, 3.05) is 0 Å². The molecule has 1 aliphatic heterocycles. The molecule has 3 heterocycles. The van der Waals surface area contributed by atoms with E-state index in [0.717, 1.165) is 26.2 Å². The highest BCUT2D eigenvalue weighted by atomic mass is 79.9. The molecule has 33 heavy (non-hydrogen) atoms. The Labute approximate surface area is 216 Å². The van der Waals surface area contributed by atoms with E-state index < -0.39 is 0 Å². The molecule has 6 nitrogen and oxygen atoms in total. The van der Waals surface area contributed by atoms with Crippen molar-refractivity contribution in [1.82, 2.24) is 9.13 Å². The Kier molecular flexibility index (Phi) is 10.2. The number of fused-ring (bicyclic) bond motifs is 7. The Morgan fingerprint density at radius 3 is 1.55 bits per heavy atom. The topological polar surface area (TPSA) is 80.6 Å². The molecule has 0 aliphatic carbocycles. The second kappa shape index (κ2) is 11.7. The minimum atomic E-state index is 0. The maximum absolute atomic E-state index is 2.35. The maximum Gasteiger partial charge on any atom is 0.244 e. The van der Waals surface area contributed by atoms with Crippen LogP contribution in [0.15, 0.2) is 67.8 Å². The summed E-state index contributed by atoms with van der Waals surface area (Å²) in [5.74, 6) is 0. The second-order valence-corrected chi connectivity index (χ2v) is 8.38. The Bertz CT molecular complexity index is 1130. The van der Waals surface area contributed by atoms with E-state index in [2.05, 4.69) is 107 Å². The Hall–Kier alpha value is -2.26. The molecule has 0 spiro atoms. The Morgan fingerprint density at radius 1 is 0.697 bits per heavy atom. The van der Waals surface area contributed by atoms with Gasteiger partial charge in [0.2, 0.25) is 12.7 Å². The molecule has 0 saturated carbocycles. The van der Waals surface area contributed by atoms with E-state index in [0.29, 0.717) is 0 Å². The number of imidazole rings is 2. The van der Waals surface area contributed by atoms with Crippen molar-refractivity contribution in [2.24, 2.45) is 0 Å². The lowest BCUT2D eigenvalue weighted by atomic mass is 9.93. The molecule has 178 valence electrons. The fourth-order valence-corrected chi connectivity index (χ4v) is 4.64. The third-order valence-electron chi connectivity index (χ3n) is 6.29. The first kappa shape index (κ1) is 28.8. The molecular formula is C25H32Br2N4O2. The van der Waals surface area contributed by atoms with Crippen LogP contribution in [-0.4, -0.2) is 20.1 Å². The van der Waals surface area contributed by atoms with Crippen molar-refractivity contribution in [3.05, 3.63) is 107 Å². The number of aryl methyl sites for hydroxylation is 2. The fourth-order valence-electron chi connectivity index (χ4n) is 4.64. The fraction of sp³-hybridized carbons (Fsp3) is 0.280. The molecule has 6 bridgehead atoms. The van der Waals surface area contributed by atoms with Crippen LogP contribution in [0.3, 0.4) is 0 Å². The van der Waals surface area contributed by atoms with E-state index in [-0.39, 0.29) is 44.9 Å². The van der Waals surface area contributed by atoms with Crippen molar-refractivity contribution in [3.8, 4) is 0 Å². The molecule has 1 aliphatic rings. The first-order valence-electron chi connectivity index (χ1n) is 10.3. The summed E-state index contributed by atoms with van der Waals surface area (Å²) in [6, 6.07) is 11.1. The molecule has 0 radical (unpaired) electrons. The van der Waals surface area contributed by atoms with Crippen molar-refractivity contribution < 1.29 is 54.0 Å². The van der Waals surface area contributed by atoms with Gasteiger partial charge in [-0.25, -0.2) is 18.3 Å². The van der Waals surface area contributed by atoms with E-state index >= 15 is 0 Å². The quantitative estimate of drug-likeness (QED) is 0.166. The predicted molar refractivity (Wildman–Crippen MR) is 120 cm³/mol. The zero-order valence-corrected chi connectivity index (χ0v) is 22.4. The van der Waals surface area contributed by atoms with Crippen LogP contribution in [-0.2, 0) is 26.2 Å². The minimum absolute atomic E-state index is 0. The molecule has 4 N–H and O–H groups in total. The molecule has 0 fully saturated rings. The molecule has 0 atom stereocenters. The van der Waals surface area contributed by atoms with Gasteiger partial charge in [-0.3, -0.25) is 0 Å². The largest absolute Gasteiger partial charge is 1.00 e. The van der Waals surface area contributed by atoms with Gasteiger partial charge in [-0.1, -0.05) is 30.3 Å². The molecule has 5 rings (SSSR count). The van der Waals surface area contributed by atoms with Gasteiger partial charge in [-0.2, -0.15) is 0 Å². The van der Waals surface area contributed by atoms with Gasteiger partial charge in [0.25, 0.3) is 0 Å². The third-order valence-corrected chi connectivity index (χ3v) is 6.29. The molecule has 0 amide bonds. The summed E-state index contributed by atoms with van der Waals surface area (Å²) in [5, 5.41) is 0. The summed E-state index contributed by atoms with van der Waals surface area (Å²) in [7, 11) is 0. The number of hydrogen-bond acceptors (Lipinski definition) is 0. The van der Waals surface area contributed by atoms with Gasteiger partial charge in [0.1, 0.15) is 51.0 Å². The standard InChI is InChI=1S/C25H28N4.2BrH.2H2O/c1-19-12-20(2)25-16-29-11-9-27(18-29)14-23-7-5-4-6-22(23)13-26-8-10-28(17-26)15-24(19)21(25)3;;;;/h4-12,17-18H,13-16H2,1-3H3;2*1H;2*1H2/q+2;;;;/p-2. The van der Waals surface area contributed by atoms with Crippen LogP contribution in [0.4, 0.5) is 0 Å². The molecule has 0 unspecified atom stereocenters. The lowest BCUT2D eigenvalue weighted by molar-refractivity contribution is -0.693. The lowest BCUT2D eigenvalue weighted by Gasteiger charge is -2.15. The van der Waals surface area contributed by atoms with Crippen molar-refractivity contribution in [1.29, 1.82) is 0 Å². The summed E-state index contributed by atoms with van der Waals surface area (Å²) < 4.78 is 9.18. The van der Waals surface area contributed by atoms with Crippen LogP contribution < -0.4 is 43.1 Å². The first-order chi connectivity index (χ1) is 14.1. The van der Waals surface area contributed by atoms with Gasteiger partial charge in [0.15, 0.2) is 0 Å². The summed E-state index contributed by atoms with van der Waals surface area (Å²) in [5.41, 5.74) is 9.78. The predicted octanol–water partition coefficient (Wildman–Crippen LogP) is -4.34. The monoisotopic (exact) mass is 578 g/mol. The summed E-state index contributed by atoms with van der Waals surface area (Å²) in [4.78, 5) is 0. The van der Waals surface area contributed by atoms with Gasteiger partial charge in [-0.05, 0) is 48.6 Å². The first-order valence-corrected chi connectivity index (χ1v) is 10.3. The number of aromatic nitrogens is 4. The highest BCUT2D eigenvalue weighted by Gasteiger charge is 2.18. The molecule has 0 saturated heterocycles. The van der Waals surface area contributed by atoms with E-state index in [1.165, 1.54) is 38.9 Å². The van der Waals surface area contributed by atoms with Gasteiger partial charge in [-0.15, -0.1) is 0 Å². The van der Waals surface area contributed by atoms with Crippen LogP contribution in [0, 0.1) is 20.8 Å². The smallest absolute Gasteiger partial charge is 0.244 e. The van der Waals surface area contributed by atoms with E-state index in [1.54, 1.807) is 0 Å². The van der Waals surface area contributed by atoms with E-state index in [4.69, 9.17) is 0 Å². The van der Waals surface area contributed by atoms with Crippen LogP contribution in [0.25, 0.3) is 0 Å². The summed E-state index contributed by atoms with van der Waals surface area (Å²) in [6.45, 7) is 10.4. The third kappa shape index (κ3) is 5.81. The van der Waals surface area contributed by atoms with Crippen LogP contribution in [0.5, 0.6) is 0 Å². The molecule has 4 aromatic rings. The van der Waals surface area contributed by atoms with Gasteiger partial charge in [0.05, 0.1) is 0 Å². The van der Waals surface area contributed by atoms with Crippen LogP contribution >= 0.6 is 0 Å². The second-order valence-electron chi connectivity index (χ2n) is 8.38. The molecular weight excluding hydrogens is 548 g/mol. The van der Waals surface area contributed by atoms with Crippen molar-refractivity contribution >= 4 is 0 Å². The highest BCUT2D eigenvalue weighted by molar-refractivity contribution is 5.45. The average Bonchev–Trinajstić information content (AvgIpc) is 3.32. The minimum Gasteiger partial charge on any atom is -1.00 e. The Balaban J connectivity index is 0.00000136. The number of rotatable bonds is 0. The normalized spacial score (nSPS) is 11.8. The SMILES string of the molecule is Cc1cc(C)c2c(C)c1Cn1cc[n+](c1)Cc1ccccc1C[n+]1ccn(c1)C2.O.O.[Br-].[Br-]. The summed E-state index contributed by atoms with van der Waals surface area (Å²) >= 11 is 0. The lowest BCUT2D eigenvalue weighted by Crippen LogP contribution is -3.00. The van der Waals surface area contributed by atoms with Gasteiger partial charge < -0.3 is 44.9 Å². The zero-order valence-electron chi connectivity index (χ0n) is 19.2. The molecule has 2 aromatic heterocycles. The van der Waals surface area contributed by atoms with Crippen molar-refractivity contribution in [2.45, 2.75) is 47.0 Å². The maximum atomic E-state index is 2.35. The van der Waals surface area contributed by atoms with Gasteiger partial charge >= 0.3 is 0 Å². The summed E-state index contributed by atoms with van der Waals surface area (Å²) in [6.07, 6.45) is 13.2. The molecule has 2 aromatic carbocycles. The van der Waals surface area contributed by atoms with Gasteiger partial charge in [0, 0.05) is 11.1 Å². The number of halogens is 2. The number of nitrogens with zero attached hydrogens (tertiary/aromatic N) is 4. The highest BCUT2D eigenvalue weighted by Crippen LogP contribution is 2.24. The number of benzene rings is 2. The number of hydrogen-bond donors (Lipinski definition) is 0. The van der Waals surface area contributed by atoms with Crippen molar-refractivity contribution in [3.63, 3.8) is 0 Å². The van der Waals surface area contributed by atoms with Crippen LogP contribution in [0.2, 0.25) is 0 Å². The van der Waals surface area contributed by atoms with E-state index in [1.807, 2.05) is 0 Å². The Morgan fingerprint density at radius 2 is 1.12 bits per heavy atom.